The zero-order valence-corrected chi connectivity index (χ0v) is 12.5. The van der Waals surface area contributed by atoms with Crippen LogP contribution in [0.4, 0.5) is 0 Å². The second-order valence-corrected chi connectivity index (χ2v) is 5.60. The van der Waals surface area contributed by atoms with Gasteiger partial charge in [-0.25, -0.2) is 0 Å². The molecule has 0 saturated heterocycles. The van der Waals surface area contributed by atoms with Gasteiger partial charge in [0.05, 0.1) is 6.42 Å². The molecule has 3 rings (SSSR count). The normalized spacial score (nSPS) is 10.5. The van der Waals surface area contributed by atoms with Crippen LogP contribution in [0.1, 0.15) is 10.8 Å². The molecule has 0 aromatic carbocycles. The quantitative estimate of drug-likeness (QED) is 0.753. The summed E-state index contributed by atoms with van der Waals surface area (Å²) in [6.07, 6.45) is 2.57. The molecule has 0 aliphatic rings. The second kappa shape index (κ2) is 6.95. The molecule has 112 valence electrons. The molecular weight excluding hydrogens is 300 g/mol. The summed E-state index contributed by atoms with van der Waals surface area (Å²) in [5.74, 6) is 0.865. The Morgan fingerprint density at radius 3 is 2.95 bits per heavy atom. The number of thiophene rings is 1. The number of amides is 1. The Balaban J connectivity index is 1.48. The van der Waals surface area contributed by atoms with E-state index >= 15 is 0 Å². The second-order valence-electron chi connectivity index (χ2n) is 4.57. The lowest BCUT2D eigenvalue weighted by Crippen LogP contribution is -2.27. The Morgan fingerprint density at radius 2 is 2.18 bits per heavy atom. The zero-order valence-electron chi connectivity index (χ0n) is 11.7. The molecule has 22 heavy (non-hydrogen) atoms. The van der Waals surface area contributed by atoms with Crippen LogP contribution in [0.25, 0.3) is 11.6 Å². The van der Waals surface area contributed by atoms with Crippen LogP contribution in [-0.4, -0.2) is 27.6 Å². The Labute approximate surface area is 131 Å². The van der Waals surface area contributed by atoms with Gasteiger partial charge in [-0.1, -0.05) is 12.1 Å². The van der Waals surface area contributed by atoms with E-state index in [1.807, 2.05) is 29.6 Å². The maximum absolute atomic E-state index is 11.7. The molecule has 0 aliphatic heterocycles. The van der Waals surface area contributed by atoms with Crippen molar-refractivity contribution >= 4 is 17.2 Å². The lowest BCUT2D eigenvalue weighted by Gasteiger charge is -2.01. The lowest BCUT2D eigenvalue weighted by molar-refractivity contribution is -0.120. The van der Waals surface area contributed by atoms with Gasteiger partial charge in [-0.3, -0.25) is 9.78 Å². The average molecular weight is 314 g/mol. The van der Waals surface area contributed by atoms with Crippen molar-refractivity contribution in [3.05, 3.63) is 52.7 Å². The molecule has 0 radical (unpaired) electrons. The number of nitrogens with one attached hydrogen (secondary N) is 1. The molecule has 7 heteroatoms. The summed E-state index contributed by atoms with van der Waals surface area (Å²) in [7, 11) is 0. The standard InChI is InChI=1S/C15H14N4O2S/c20-13(10-11-4-3-9-22-11)17-8-6-14-18-19-15(21-14)12-5-1-2-7-16-12/h1-5,7,9H,6,8,10H2,(H,17,20). The third kappa shape index (κ3) is 3.76. The molecule has 0 aliphatic carbocycles. The fourth-order valence-corrected chi connectivity index (χ4v) is 2.59. The topological polar surface area (TPSA) is 80.9 Å². The monoisotopic (exact) mass is 314 g/mol. The van der Waals surface area contributed by atoms with Crippen LogP contribution in [0, 0.1) is 0 Å². The minimum Gasteiger partial charge on any atom is -0.419 e. The largest absolute Gasteiger partial charge is 0.419 e. The van der Waals surface area contributed by atoms with Crippen molar-refractivity contribution in [2.24, 2.45) is 0 Å². The first-order chi connectivity index (χ1) is 10.8. The van der Waals surface area contributed by atoms with Gasteiger partial charge < -0.3 is 9.73 Å². The molecule has 3 heterocycles. The van der Waals surface area contributed by atoms with Crippen LogP contribution < -0.4 is 5.32 Å². The summed E-state index contributed by atoms with van der Waals surface area (Å²) in [4.78, 5) is 16.9. The highest BCUT2D eigenvalue weighted by Crippen LogP contribution is 2.14. The van der Waals surface area contributed by atoms with Gasteiger partial charge in [0.25, 0.3) is 5.89 Å². The van der Waals surface area contributed by atoms with E-state index in [-0.39, 0.29) is 5.91 Å². The van der Waals surface area contributed by atoms with Crippen molar-refractivity contribution in [2.45, 2.75) is 12.8 Å². The smallest absolute Gasteiger partial charge is 0.266 e. The molecule has 0 saturated carbocycles. The molecule has 1 N–H and O–H groups in total. The molecule has 0 bridgehead atoms. The Kier molecular flexibility index (Phi) is 4.55. The third-order valence-corrected chi connectivity index (χ3v) is 3.80. The van der Waals surface area contributed by atoms with E-state index in [1.54, 1.807) is 23.6 Å². The highest BCUT2D eigenvalue weighted by molar-refractivity contribution is 7.10. The minimum absolute atomic E-state index is 0.00749. The number of rotatable bonds is 6. The van der Waals surface area contributed by atoms with Crippen LogP contribution >= 0.6 is 11.3 Å². The number of pyridine rings is 1. The summed E-state index contributed by atoms with van der Waals surface area (Å²) in [5.41, 5.74) is 0.642. The number of carbonyl (C=O) groups excluding carboxylic acids is 1. The summed E-state index contributed by atoms with van der Waals surface area (Å²) in [5, 5.41) is 12.7. The van der Waals surface area contributed by atoms with Crippen molar-refractivity contribution in [2.75, 3.05) is 6.54 Å². The number of hydrogen-bond acceptors (Lipinski definition) is 6. The fraction of sp³-hybridized carbons (Fsp3) is 0.200. The molecule has 0 unspecified atom stereocenters. The molecule has 6 nitrogen and oxygen atoms in total. The zero-order chi connectivity index (χ0) is 15.2. The van der Waals surface area contributed by atoms with Crippen molar-refractivity contribution in [1.82, 2.24) is 20.5 Å². The Morgan fingerprint density at radius 1 is 1.23 bits per heavy atom. The highest BCUT2D eigenvalue weighted by Gasteiger charge is 2.10. The molecule has 0 spiro atoms. The van der Waals surface area contributed by atoms with E-state index < -0.39 is 0 Å². The maximum Gasteiger partial charge on any atom is 0.266 e. The van der Waals surface area contributed by atoms with Gasteiger partial charge in [0.2, 0.25) is 11.8 Å². The Bertz CT molecular complexity index is 725. The van der Waals surface area contributed by atoms with E-state index in [9.17, 15) is 4.79 Å². The van der Waals surface area contributed by atoms with Crippen LogP contribution in [0.2, 0.25) is 0 Å². The lowest BCUT2D eigenvalue weighted by atomic mass is 10.3. The summed E-state index contributed by atoms with van der Waals surface area (Å²) in [6.45, 7) is 0.466. The Hall–Kier alpha value is -2.54. The van der Waals surface area contributed by atoms with Crippen molar-refractivity contribution < 1.29 is 9.21 Å². The first kappa shape index (κ1) is 14.4. The summed E-state index contributed by atoms with van der Waals surface area (Å²) >= 11 is 1.57. The molecule has 3 aromatic heterocycles. The third-order valence-electron chi connectivity index (χ3n) is 2.93. The predicted octanol–water partition coefficient (Wildman–Crippen LogP) is 2.09. The fourth-order valence-electron chi connectivity index (χ4n) is 1.89. The summed E-state index contributed by atoms with van der Waals surface area (Å²) < 4.78 is 5.52. The van der Waals surface area contributed by atoms with Crippen LogP contribution in [-0.2, 0) is 17.6 Å². The van der Waals surface area contributed by atoms with Crippen LogP contribution in [0.15, 0.2) is 46.3 Å². The minimum atomic E-state index is -0.00749. The van der Waals surface area contributed by atoms with Gasteiger partial charge in [-0.2, -0.15) is 0 Å². The van der Waals surface area contributed by atoms with Crippen molar-refractivity contribution in [3.63, 3.8) is 0 Å². The van der Waals surface area contributed by atoms with Gasteiger partial charge in [0.15, 0.2) is 0 Å². The molecule has 3 aromatic rings. The maximum atomic E-state index is 11.7. The van der Waals surface area contributed by atoms with E-state index in [0.29, 0.717) is 36.9 Å². The number of carbonyl (C=O) groups is 1. The first-order valence-corrected chi connectivity index (χ1v) is 7.72. The molecular formula is C15H14N4O2S. The van der Waals surface area contributed by atoms with Crippen LogP contribution in [0.5, 0.6) is 0 Å². The van der Waals surface area contributed by atoms with Crippen LogP contribution in [0.3, 0.4) is 0 Å². The van der Waals surface area contributed by atoms with Gasteiger partial charge in [-0.15, -0.1) is 21.5 Å². The van der Waals surface area contributed by atoms with E-state index in [1.165, 1.54) is 0 Å². The van der Waals surface area contributed by atoms with E-state index in [4.69, 9.17) is 4.42 Å². The van der Waals surface area contributed by atoms with Gasteiger partial charge >= 0.3 is 0 Å². The molecule has 0 fully saturated rings. The van der Waals surface area contributed by atoms with E-state index in [0.717, 1.165) is 4.88 Å². The SMILES string of the molecule is O=C(Cc1cccs1)NCCc1nnc(-c2ccccn2)o1. The van der Waals surface area contributed by atoms with Crippen molar-refractivity contribution in [1.29, 1.82) is 0 Å². The predicted molar refractivity (Wildman–Crippen MR) is 82.3 cm³/mol. The first-order valence-electron chi connectivity index (χ1n) is 6.84. The van der Waals surface area contributed by atoms with Gasteiger partial charge in [0, 0.05) is 24.0 Å². The molecule has 0 atom stereocenters. The molecule has 1 amide bonds. The summed E-state index contributed by atoms with van der Waals surface area (Å²) in [6, 6.07) is 9.37. The number of hydrogen-bond donors (Lipinski definition) is 1. The average Bonchev–Trinajstić information content (AvgIpc) is 3.20. The van der Waals surface area contributed by atoms with Crippen molar-refractivity contribution in [3.8, 4) is 11.6 Å². The highest BCUT2D eigenvalue weighted by atomic mass is 32.1. The van der Waals surface area contributed by atoms with Gasteiger partial charge in [-0.05, 0) is 23.6 Å². The number of aromatic nitrogens is 3. The van der Waals surface area contributed by atoms with Gasteiger partial charge in [0.1, 0.15) is 5.69 Å². The number of nitrogens with zero attached hydrogens (tertiary/aromatic N) is 3. The van der Waals surface area contributed by atoms with E-state index in [2.05, 4.69) is 20.5 Å².